The van der Waals surface area contributed by atoms with Crippen LogP contribution < -0.4 is 0 Å². The van der Waals surface area contributed by atoms with Gasteiger partial charge in [0.15, 0.2) is 2.74 Å². The van der Waals surface area contributed by atoms with Crippen LogP contribution in [0.1, 0.15) is 13.8 Å². The highest BCUT2D eigenvalue weighted by Gasteiger charge is 2.42. The molecule has 2 heterocycles. The highest BCUT2D eigenvalue weighted by Crippen LogP contribution is 2.69. The van der Waals surface area contributed by atoms with E-state index in [0.29, 0.717) is 2.74 Å². The van der Waals surface area contributed by atoms with E-state index in [9.17, 15) is 0 Å². The average molecular weight is 289 g/mol. The summed E-state index contributed by atoms with van der Waals surface area (Å²) in [6, 6.07) is 0. The quantitative estimate of drug-likeness (QED) is 0.592. The third-order valence-corrected chi connectivity index (χ3v) is 13.8. The van der Waals surface area contributed by atoms with E-state index in [1.165, 1.54) is 11.5 Å². The van der Waals surface area contributed by atoms with E-state index in [0.717, 1.165) is 10.5 Å². The van der Waals surface area contributed by atoms with E-state index in [1.807, 2.05) is 0 Å². The first-order valence-corrected chi connectivity index (χ1v) is 10.6. The van der Waals surface area contributed by atoms with Crippen LogP contribution in [0.15, 0.2) is 0 Å². The van der Waals surface area contributed by atoms with Crippen LogP contribution in [0.4, 0.5) is 0 Å². The second kappa shape index (κ2) is 4.95. The molecule has 0 aromatic rings. The molecule has 2 aliphatic heterocycles. The van der Waals surface area contributed by atoms with Crippen molar-refractivity contribution < 1.29 is 0 Å². The van der Waals surface area contributed by atoms with Crippen LogP contribution >= 0.6 is 66.7 Å². The molecule has 6 heteroatoms. The summed E-state index contributed by atoms with van der Waals surface area (Å²) in [7, 11) is 8.26. The highest BCUT2D eigenvalue weighted by atomic mass is 33.1. The second-order valence-electron chi connectivity index (χ2n) is 3.09. The first-order valence-electron chi connectivity index (χ1n) is 4.17. The van der Waals surface area contributed by atoms with Crippen molar-refractivity contribution in [3.63, 3.8) is 0 Å². The third-order valence-electron chi connectivity index (χ3n) is 1.62. The van der Waals surface area contributed by atoms with E-state index in [2.05, 4.69) is 80.5 Å². The zero-order chi connectivity index (χ0) is 9.31. The molecule has 0 aromatic carbocycles. The summed E-state index contributed by atoms with van der Waals surface area (Å²) in [6.07, 6.45) is 0. The van der Waals surface area contributed by atoms with Crippen molar-refractivity contribution in [2.75, 3.05) is 11.5 Å². The van der Waals surface area contributed by atoms with Crippen LogP contribution in [0.3, 0.4) is 0 Å². The summed E-state index contributed by atoms with van der Waals surface area (Å²) in [6.45, 7) is 4.70. The second-order valence-corrected chi connectivity index (χ2v) is 13.1. The minimum Gasteiger partial charge on any atom is -0.117 e. The van der Waals surface area contributed by atoms with Crippen molar-refractivity contribution in [3.05, 3.63) is 0 Å². The lowest BCUT2D eigenvalue weighted by Crippen LogP contribution is -2.25. The molecule has 0 saturated carbocycles. The molecule has 0 nitrogen and oxygen atoms in total. The molecule has 13 heavy (non-hydrogen) atoms. The van der Waals surface area contributed by atoms with Crippen molar-refractivity contribution in [1.82, 2.24) is 0 Å². The molecule has 0 radical (unpaired) electrons. The van der Waals surface area contributed by atoms with Gasteiger partial charge in [-0.05, 0) is 0 Å². The fraction of sp³-hybridized carbons (Fsp3) is 1.00. The fourth-order valence-electron chi connectivity index (χ4n) is 1.09. The summed E-state index contributed by atoms with van der Waals surface area (Å²) < 4.78 is 0.394. The van der Waals surface area contributed by atoms with Crippen LogP contribution in [0.2, 0.25) is 0 Å². The van der Waals surface area contributed by atoms with E-state index in [-0.39, 0.29) is 0 Å². The summed E-state index contributed by atoms with van der Waals surface area (Å²) in [5, 5.41) is 1.63. The van der Waals surface area contributed by atoms with Gasteiger partial charge in [-0.25, -0.2) is 0 Å². The molecule has 2 unspecified atom stereocenters. The minimum absolute atomic E-state index is 0.394. The molecule has 1 spiro atoms. The molecule has 2 aliphatic rings. The molecule has 0 amide bonds. The van der Waals surface area contributed by atoms with Gasteiger partial charge in [0.25, 0.3) is 0 Å². The SMILES string of the molecule is CC1CSSC2(SSCC(C)S2)S1. The summed E-state index contributed by atoms with van der Waals surface area (Å²) >= 11 is 4.32. The smallest absolute Gasteiger partial charge is 0.117 e. The Morgan fingerprint density at radius 3 is 1.77 bits per heavy atom. The van der Waals surface area contributed by atoms with Gasteiger partial charge in [-0.15, -0.1) is 23.5 Å². The third kappa shape index (κ3) is 3.03. The van der Waals surface area contributed by atoms with Crippen LogP contribution in [-0.2, 0) is 0 Å². The van der Waals surface area contributed by atoms with Crippen LogP contribution in [0, 0.1) is 0 Å². The van der Waals surface area contributed by atoms with Crippen LogP contribution in [0.5, 0.6) is 0 Å². The predicted molar refractivity (Wildman–Crippen MR) is 76.9 cm³/mol. The number of hydrogen-bond donors (Lipinski definition) is 0. The molecule has 76 valence electrons. The molecular weight excluding hydrogens is 276 g/mol. The zero-order valence-electron chi connectivity index (χ0n) is 7.52. The van der Waals surface area contributed by atoms with Gasteiger partial charge < -0.3 is 0 Å². The summed E-state index contributed by atoms with van der Waals surface area (Å²) in [4.78, 5) is 0. The van der Waals surface area contributed by atoms with Gasteiger partial charge in [0.2, 0.25) is 0 Å². The Bertz CT molecular complexity index is 164. The lowest BCUT2D eigenvalue weighted by molar-refractivity contribution is 1.12. The summed E-state index contributed by atoms with van der Waals surface area (Å²) in [5.74, 6) is 2.61. The number of hydrogen-bond acceptors (Lipinski definition) is 6. The maximum Gasteiger partial charge on any atom is 0.173 e. The predicted octanol–water partition coefficient (Wildman–Crippen LogP) is 4.63. The monoisotopic (exact) mass is 288 g/mol. The molecule has 2 saturated heterocycles. The van der Waals surface area contributed by atoms with Gasteiger partial charge in [-0.3, -0.25) is 0 Å². The Morgan fingerprint density at radius 2 is 1.38 bits per heavy atom. The maximum absolute atomic E-state index is 2.35. The lowest BCUT2D eigenvalue weighted by Gasteiger charge is -2.40. The lowest BCUT2D eigenvalue weighted by atomic mass is 10.6. The van der Waals surface area contributed by atoms with E-state index in [4.69, 9.17) is 0 Å². The van der Waals surface area contributed by atoms with Crippen LogP contribution in [0.25, 0.3) is 0 Å². The highest BCUT2D eigenvalue weighted by molar-refractivity contribution is 8.92. The van der Waals surface area contributed by atoms with Gasteiger partial charge in [0, 0.05) is 22.0 Å². The maximum atomic E-state index is 2.35. The topological polar surface area (TPSA) is 0 Å². The number of rotatable bonds is 0. The largest absolute Gasteiger partial charge is 0.173 e. The molecule has 0 aliphatic carbocycles. The first kappa shape index (κ1) is 11.6. The fourth-order valence-corrected chi connectivity index (χ4v) is 15.8. The van der Waals surface area contributed by atoms with Gasteiger partial charge in [-0.2, -0.15) is 0 Å². The van der Waals surface area contributed by atoms with Crippen molar-refractivity contribution in [1.29, 1.82) is 0 Å². The summed E-state index contributed by atoms with van der Waals surface area (Å²) in [5.41, 5.74) is 0. The molecule has 2 rings (SSSR count). The molecule has 0 N–H and O–H groups in total. The van der Waals surface area contributed by atoms with Gasteiger partial charge in [0.05, 0.1) is 0 Å². The molecule has 0 aromatic heterocycles. The molecular formula is C7H12S6. The Labute approximate surface area is 104 Å². The van der Waals surface area contributed by atoms with Crippen molar-refractivity contribution in [3.8, 4) is 0 Å². The average Bonchev–Trinajstić information content (AvgIpc) is 2.02. The van der Waals surface area contributed by atoms with E-state index in [1.54, 1.807) is 0 Å². The van der Waals surface area contributed by atoms with Gasteiger partial charge in [-0.1, -0.05) is 57.0 Å². The normalized spacial score (nSPS) is 46.6. The number of thioether (sulfide) groups is 2. The van der Waals surface area contributed by atoms with Crippen molar-refractivity contribution in [2.24, 2.45) is 0 Å². The van der Waals surface area contributed by atoms with Crippen LogP contribution in [-0.4, -0.2) is 24.7 Å². The Kier molecular flexibility index (Phi) is 4.41. The molecule has 0 bridgehead atoms. The molecule has 2 fully saturated rings. The van der Waals surface area contributed by atoms with Crippen molar-refractivity contribution >= 4 is 66.7 Å². The van der Waals surface area contributed by atoms with Crippen molar-refractivity contribution in [2.45, 2.75) is 27.1 Å². The first-order chi connectivity index (χ1) is 6.20. The Morgan fingerprint density at radius 1 is 0.923 bits per heavy atom. The van der Waals surface area contributed by atoms with Gasteiger partial charge >= 0.3 is 0 Å². The van der Waals surface area contributed by atoms with E-state index >= 15 is 0 Å². The zero-order valence-corrected chi connectivity index (χ0v) is 12.4. The Hall–Kier alpha value is 2.10. The molecule has 2 atom stereocenters. The standard InChI is InChI=1S/C7H12S6/c1-5-3-8-12-7(10-5)11-6(2)4-9-13-7/h5-6H,3-4H2,1-2H3. The van der Waals surface area contributed by atoms with E-state index < -0.39 is 0 Å². The minimum atomic E-state index is 0.394. The van der Waals surface area contributed by atoms with Gasteiger partial charge in [0.1, 0.15) is 0 Å². The Balaban J connectivity index is 2.00.